The van der Waals surface area contributed by atoms with E-state index in [1.165, 1.54) is 19.3 Å². The SMILES string of the molecule is CC/C=C\C/C=C\C/C=C\C/C=C\C/C=C\C/C=C\CCC(=O)OCC(COP(=O)(O)OCC(O)COP(=O)(O)OCC(COC(=O)CCCCC/C=C\C/C=C\C/C=C\C/C=C\C/C=C\CC)OC(=O)CCCCCCC/C=C\C/C=C\CCCCC)OC(=O)C/C=C\C/C=C\C/C=C\C/C=C\C/C=C\CC. The molecule has 108 heavy (non-hydrogen) atoms. The summed E-state index contributed by atoms with van der Waals surface area (Å²) in [5.41, 5.74) is 0. The Labute approximate surface area is 651 Å². The fraction of sp³-hybridized carbons (Fsp3) is 0.551. The standard InChI is InChI=1S/C89H138O17P2/c1-5-9-13-17-21-25-29-33-37-39-41-43-47-49-53-57-61-65-69-73-86(91)99-79-84(105-88(93)75-71-67-63-59-55-51-45-35-31-27-23-19-15-11-7-3)81-103-107(95,96)101-77-83(90)78-102-108(97,98)104-82-85(106-89(94)76-72-68-64-60-56-52-46-36-32-28-24-20-16-12-8-4)80-100-87(92)74-70-66-62-58-54-50-48-44-42-40-38-34-30-26-22-18-14-10-6-2/h9-11,13-15,21-28,33-38,41-46,49-50,53-55,59,61,65,67,71,83-85,90H,5-8,12,16-20,29-32,39-40,47-48,51-52,56-58,60,62-64,66,68-70,72-82H2,1-4H3,(H,95,96)(H,97,98)/b13-9-,14-10-,15-11-,25-21-,26-22-,27-23-,28-24-,37-33-,38-34-,43-41-,44-42-,45-35-,46-36-,53-49-,54-50-,59-55-,65-61-,71-67-. The largest absolute Gasteiger partial charge is 0.472 e. The van der Waals surface area contributed by atoms with E-state index in [1.54, 1.807) is 12.2 Å². The fourth-order valence-corrected chi connectivity index (χ4v) is 11.1. The number of unbranched alkanes of at least 4 members (excludes halogenated alkanes) is 11. The second-order valence-electron chi connectivity index (χ2n) is 25.5. The van der Waals surface area contributed by atoms with Crippen LogP contribution in [-0.2, 0) is 65.4 Å². The summed E-state index contributed by atoms with van der Waals surface area (Å²) in [6, 6.07) is 0. The molecule has 0 bridgehead atoms. The highest BCUT2D eigenvalue weighted by Gasteiger charge is 2.30. The first kappa shape index (κ1) is 101. The van der Waals surface area contributed by atoms with Crippen molar-refractivity contribution >= 4 is 39.5 Å². The van der Waals surface area contributed by atoms with E-state index in [0.29, 0.717) is 32.1 Å². The Morgan fingerprint density at radius 3 is 0.889 bits per heavy atom. The molecule has 0 spiro atoms. The average molecular weight is 1540 g/mol. The first-order valence-electron chi connectivity index (χ1n) is 40.0. The van der Waals surface area contributed by atoms with Crippen molar-refractivity contribution in [2.45, 2.75) is 277 Å². The summed E-state index contributed by atoms with van der Waals surface area (Å²) >= 11 is 0. The molecule has 19 heteroatoms. The number of aliphatic hydroxyl groups is 1. The second kappa shape index (κ2) is 78.5. The molecule has 0 saturated carbocycles. The molecule has 5 unspecified atom stereocenters. The van der Waals surface area contributed by atoms with Crippen LogP contribution in [0, 0.1) is 0 Å². The van der Waals surface area contributed by atoms with Gasteiger partial charge in [0, 0.05) is 19.3 Å². The number of phosphoric acid groups is 2. The van der Waals surface area contributed by atoms with Crippen LogP contribution in [0.4, 0.5) is 0 Å². The molecular weight excluding hydrogens is 1400 g/mol. The van der Waals surface area contributed by atoms with E-state index in [1.807, 2.05) is 30.4 Å². The van der Waals surface area contributed by atoms with Crippen molar-refractivity contribution < 1.29 is 80.2 Å². The molecule has 0 aromatic carbocycles. The summed E-state index contributed by atoms with van der Waals surface area (Å²) in [4.78, 5) is 73.0. The molecule has 0 saturated heterocycles. The quantitative estimate of drug-likeness (QED) is 0.0169. The van der Waals surface area contributed by atoms with Gasteiger partial charge in [-0.05, 0) is 167 Å². The zero-order valence-electron chi connectivity index (χ0n) is 66.2. The summed E-state index contributed by atoms with van der Waals surface area (Å²) < 4.78 is 68.4. The van der Waals surface area contributed by atoms with E-state index in [4.69, 9.17) is 37.0 Å². The molecule has 606 valence electrons. The van der Waals surface area contributed by atoms with Crippen LogP contribution in [-0.4, -0.2) is 96.7 Å². The number of aliphatic hydroxyl groups excluding tert-OH is 1. The predicted octanol–water partition coefficient (Wildman–Crippen LogP) is 23.7. The van der Waals surface area contributed by atoms with Crippen LogP contribution in [0.25, 0.3) is 0 Å². The number of ether oxygens (including phenoxy) is 4. The Morgan fingerprint density at radius 1 is 0.278 bits per heavy atom. The first-order chi connectivity index (χ1) is 52.7. The van der Waals surface area contributed by atoms with Gasteiger partial charge < -0.3 is 33.8 Å². The molecule has 0 heterocycles. The Hall–Kier alpha value is -6.62. The average Bonchev–Trinajstić information content (AvgIpc) is 0.923. The number of hydrogen-bond acceptors (Lipinski definition) is 15. The highest BCUT2D eigenvalue weighted by Crippen LogP contribution is 2.45. The maximum Gasteiger partial charge on any atom is 0.472 e. The Morgan fingerprint density at radius 2 is 0.537 bits per heavy atom. The highest BCUT2D eigenvalue weighted by atomic mass is 31.2. The maximum atomic E-state index is 13.1. The summed E-state index contributed by atoms with van der Waals surface area (Å²) in [6.45, 7) is 4.21. The zero-order valence-corrected chi connectivity index (χ0v) is 68.0. The Kier molecular flexibility index (Phi) is 73.7. The van der Waals surface area contributed by atoms with E-state index < -0.39 is 97.5 Å². The normalized spacial score (nSPS) is 15.0. The number of carbonyl (C=O) groups is 4. The van der Waals surface area contributed by atoms with E-state index in [0.717, 1.165) is 154 Å². The van der Waals surface area contributed by atoms with Crippen LogP contribution >= 0.6 is 15.6 Å². The molecule has 0 aliphatic rings. The number of phosphoric ester groups is 2. The summed E-state index contributed by atoms with van der Waals surface area (Å²) in [7, 11) is -10.0. The molecule has 0 radical (unpaired) electrons. The molecule has 5 atom stereocenters. The summed E-state index contributed by atoms with van der Waals surface area (Å²) in [5.74, 6) is -2.50. The molecule has 3 N–H and O–H groups in total. The third-order valence-corrected chi connectivity index (χ3v) is 17.4. The van der Waals surface area contributed by atoms with Crippen LogP contribution in [0.1, 0.15) is 259 Å². The minimum atomic E-state index is -5.03. The number of carbonyl (C=O) groups excluding carboxylic acids is 4. The molecule has 0 rings (SSSR count). The molecule has 0 aromatic heterocycles. The predicted molar refractivity (Wildman–Crippen MR) is 445 cm³/mol. The van der Waals surface area contributed by atoms with Gasteiger partial charge >= 0.3 is 39.5 Å². The number of hydrogen-bond donors (Lipinski definition) is 3. The van der Waals surface area contributed by atoms with Crippen LogP contribution < -0.4 is 0 Å². The lowest BCUT2D eigenvalue weighted by molar-refractivity contribution is -0.161. The fourth-order valence-electron chi connectivity index (χ4n) is 9.49. The number of rotatable bonds is 72. The van der Waals surface area contributed by atoms with Crippen molar-refractivity contribution in [3.8, 4) is 0 Å². The topological polar surface area (TPSA) is 237 Å². The van der Waals surface area contributed by atoms with Crippen LogP contribution in [0.15, 0.2) is 219 Å². The highest BCUT2D eigenvalue weighted by molar-refractivity contribution is 7.47. The molecule has 0 aliphatic heterocycles. The van der Waals surface area contributed by atoms with E-state index >= 15 is 0 Å². The Balaban J connectivity index is 5.56. The third kappa shape index (κ3) is 77.5. The van der Waals surface area contributed by atoms with Crippen LogP contribution in [0.3, 0.4) is 0 Å². The van der Waals surface area contributed by atoms with Crippen LogP contribution in [0.5, 0.6) is 0 Å². The lowest BCUT2D eigenvalue weighted by atomic mass is 10.1. The van der Waals surface area contributed by atoms with Gasteiger partial charge in [-0.1, -0.05) is 285 Å². The van der Waals surface area contributed by atoms with Gasteiger partial charge in [-0.2, -0.15) is 0 Å². The maximum absolute atomic E-state index is 13.1. The van der Waals surface area contributed by atoms with E-state index in [-0.39, 0.29) is 25.7 Å². The molecule has 0 aliphatic carbocycles. The van der Waals surface area contributed by atoms with Gasteiger partial charge in [0.05, 0.1) is 32.8 Å². The summed E-state index contributed by atoms with van der Waals surface area (Å²) in [5, 5.41) is 10.6. The van der Waals surface area contributed by atoms with Gasteiger partial charge in [0.2, 0.25) is 0 Å². The van der Waals surface area contributed by atoms with Crippen molar-refractivity contribution in [1.29, 1.82) is 0 Å². The minimum absolute atomic E-state index is 0.00637. The van der Waals surface area contributed by atoms with Crippen molar-refractivity contribution in [3.63, 3.8) is 0 Å². The van der Waals surface area contributed by atoms with Crippen LogP contribution in [0.2, 0.25) is 0 Å². The van der Waals surface area contributed by atoms with Gasteiger partial charge in [-0.25, -0.2) is 9.13 Å². The van der Waals surface area contributed by atoms with Gasteiger partial charge in [0.15, 0.2) is 12.2 Å². The smallest absolute Gasteiger partial charge is 0.462 e. The Bertz CT molecular complexity index is 2910. The van der Waals surface area contributed by atoms with Gasteiger partial charge in [-0.3, -0.25) is 37.3 Å². The zero-order chi connectivity index (χ0) is 78.9. The first-order valence-corrected chi connectivity index (χ1v) is 43.0. The number of allylic oxidation sites excluding steroid dienone is 35. The van der Waals surface area contributed by atoms with E-state index in [9.17, 15) is 43.2 Å². The van der Waals surface area contributed by atoms with Gasteiger partial charge in [0.25, 0.3) is 0 Å². The van der Waals surface area contributed by atoms with E-state index in [2.05, 4.69) is 204 Å². The lowest BCUT2D eigenvalue weighted by Gasteiger charge is -2.21. The van der Waals surface area contributed by atoms with Crippen molar-refractivity contribution in [2.24, 2.45) is 0 Å². The lowest BCUT2D eigenvalue weighted by Crippen LogP contribution is -2.30. The third-order valence-electron chi connectivity index (χ3n) is 15.5. The van der Waals surface area contributed by atoms with Gasteiger partial charge in [0.1, 0.15) is 19.3 Å². The minimum Gasteiger partial charge on any atom is -0.462 e. The van der Waals surface area contributed by atoms with Crippen molar-refractivity contribution in [1.82, 2.24) is 0 Å². The second-order valence-corrected chi connectivity index (χ2v) is 28.4. The van der Waals surface area contributed by atoms with Crippen molar-refractivity contribution in [3.05, 3.63) is 219 Å². The molecule has 17 nitrogen and oxygen atoms in total. The van der Waals surface area contributed by atoms with Gasteiger partial charge in [-0.15, -0.1) is 0 Å². The molecule has 0 fully saturated rings. The molecule has 0 amide bonds. The monoisotopic (exact) mass is 1540 g/mol. The molecule has 0 aromatic rings. The molecular formula is C89H138O17P2. The summed E-state index contributed by atoms with van der Waals surface area (Å²) in [6.07, 6.45) is 99.7. The van der Waals surface area contributed by atoms with Crippen molar-refractivity contribution in [2.75, 3.05) is 39.6 Å². The number of esters is 4.